The summed E-state index contributed by atoms with van der Waals surface area (Å²) < 4.78 is 39.5. The number of hydrogen-bond donors (Lipinski definition) is 0. The van der Waals surface area contributed by atoms with Gasteiger partial charge in [0, 0.05) is 16.8 Å². The van der Waals surface area contributed by atoms with E-state index >= 15 is 0 Å². The second-order valence-electron chi connectivity index (χ2n) is 6.59. The van der Waals surface area contributed by atoms with Gasteiger partial charge in [0.05, 0.1) is 11.3 Å². The van der Waals surface area contributed by atoms with Crippen molar-refractivity contribution in [2.45, 2.75) is 33.9 Å². The van der Waals surface area contributed by atoms with Crippen LogP contribution in [0, 0.1) is 13.8 Å². The topological polar surface area (TPSA) is 20.3 Å². The van der Waals surface area contributed by atoms with Gasteiger partial charge >= 0.3 is 6.18 Å². The van der Waals surface area contributed by atoms with Gasteiger partial charge in [-0.2, -0.15) is 13.2 Å². The number of carbonyl (C=O) groups is 1. The van der Waals surface area contributed by atoms with Gasteiger partial charge in [0.1, 0.15) is 0 Å². The van der Waals surface area contributed by atoms with Crippen LogP contribution in [0.15, 0.2) is 42.0 Å². The van der Waals surface area contributed by atoms with E-state index in [1.807, 2.05) is 32.0 Å². The molecular weight excluding hydrogens is 327 g/mol. The van der Waals surface area contributed by atoms with Crippen molar-refractivity contribution in [3.05, 3.63) is 64.2 Å². The summed E-state index contributed by atoms with van der Waals surface area (Å²) in [6.45, 7) is 7.37. The normalized spacial score (nSPS) is 14.1. The molecule has 1 aliphatic heterocycles. The fraction of sp³-hybridized carbons (Fsp3) is 0.250. The Labute approximate surface area is 144 Å². The number of anilines is 2. The quantitative estimate of drug-likeness (QED) is 0.599. The molecule has 0 spiro atoms. The van der Waals surface area contributed by atoms with Gasteiger partial charge in [-0.05, 0) is 63.1 Å². The average molecular weight is 345 g/mol. The van der Waals surface area contributed by atoms with E-state index in [0.717, 1.165) is 28.8 Å². The minimum atomic E-state index is -4.46. The zero-order valence-electron chi connectivity index (χ0n) is 14.5. The predicted octanol–water partition coefficient (Wildman–Crippen LogP) is 5.79. The first-order chi connectivity index (χ1) is 11.6. The third kappa shape index (κ3) is 2.95. The summed E-state index contributed by atoms with van der Waals surface area (Å²) in [4.78, 5) is 14.4. The largest absolute Gasteiger partial charge is 0.416 e. The van der Waals surface area contributed by atoms with E-state index in [9.17, 15) is 18.0 Å². The number of amides is 1. The molecule has 0 N–H and O–H groups in total. The highest BCUT2D eigenvalue weighted by molar-refractivity contribution is 6.35. The molecule has 1 heterocycles. The lowest BCUT2D eigenvalue weighted by Gasteiger charge is -2.19. The first-order valence-electron chi connectivity index (χ1n) is 7.91. The zero-order chi connectivity index (χ0) is 18.5. The second-order valence-corrected chi connectivity index (χ2v) is 6.59. The molecule has 5 heteroatoms. The van der Waals surface area contributed by atoms with E-state index in [-0.39, 0.29) is 11.6 Å². The third-order valence-electron chi connectivity index (χ3n) is 4.22. The number of alkyl halides is 3. The van der Waals surface area contributed by atoms with Crippen LogP contribution in [0.3, 0.4) is 0 Å². The maximum Gasteiger partial charge on any atom is 0.416 e. The van der Waals surface area contributed by atoms with Crippen molar-refractivity contribution < 1.29 is 18.0 Å². The van der Waals surface area contributed by atoms with Crippen LogP contribution < -0.4 is 4.90 Å². The Morgan fingerprint density at radius 3 is 2.08 bits per heavy atom. The van der Waals surface area contributed by atoms with Crippen LogP contribution >= 0.6 is 0 Å². The summed E-state index contributed by atoms with van der Waals surface area (Å²) in [7, 11) is 0. The van der Waals surface area contributed by atoms with Gasteiger partial charge in [-0.3, -0.25) is 9.69 Å². The lowest BCUT2D eigenvalue weighted by Crippen LogP contribution is -2.21. The summed E-state index contributed by atoms with van der Waals surface area (Å²) in [5.74, 6) is -0.292. The molecule has 0 aliphatic carbocycles. The summed E-state index contributed by atoms with van der Waals surface area (Å²) in [6.07, 6.45) is -4.46. The third-order valence-corrected chi connectivity index (χ3v) is 4.22. The number of aryl methyl sites for hydroxylation is 2. The van der Waals surface area contributed by atoms with E-state index in [4.69, 9.17) is 0 Å². The highest BCUT2D eigenvalue weighted by Gasteiger charge is 2.38. The second kappa shape index (κ2) is 5.76. The number of rotatable bonds is 1. The van der Waals surface area contributed by atoms with Crippen molar-refractivity contribution in [3.8, 4) is 0 Å². The molecule has 0 saturated heterocycles. The molecule has 0 fully saturated rings. The Morgan fingerprint density at radius 2 is 1.56 bits per heavy atom. The standard InChI is InChI=1S/C20H18F3NO/c1-11(2)18-16-6-5-14(20(21,22)23)10-17(16)24(19(18)25)15-8-12(3)7-13(4)9-15/h5-10H,1-4H3. The van der Waals surface area contributed by atoms with Crippen LogP contribution in [0.1, 0.15) is 36.1 Å². The molecule has 1 aliphatic rings. The molecule has 0 aromatic heterocycles. The molecule has 2 aromatic carbocycles. The van der Waals surface area contributed by atoms with Gasteiger partial charge in [-0.25, -0.2) is 0 Å². The van der Waals surface area contributed by atoms with E-state index in [1.165, 1.54) is 11.0 Å². The monoisotopic (exact) mass is 345 g/mol. The number of halogens is 3. The molecule has 0 radical (unpaired) electrons. The first-order valence-corrected chi connectivity index (χ1v) is 7.91. The maximum absolute atomic E-state index is 13.2. The van der Waals surface area contributed by atoms with Gasteiger partial charge in [-0.15, -0.1) is 0 Å². The molecule has 1 amide bonds. The Kier molecular flexibility index (Phi) is 3.98. The number of carbonyl (C=O) groups excluding carboxylic acids is 1. The predicted molar refractivity (Wildman–Crippen MR) is 92.8 cm³/mol. The van der Waals surface area contributed by atoms with Crippen LogP contribution in [-0.2, 0) is 11.0 Å². The summed E-state index contributed by atoms with van der Waals surface area (Å²) in [5.41, 5.74) is 3.77. The van der Waals surface area contributed by atoms with Crippen LogP contribution in [0.25, 0.3) is 5.57 Å². The zero-order valence-corrected chi connectivity index (χ0v) is 14.5. The molecule has 3 rings (SSSR count). The minimum absolute atomic E-state index is 0.279. The SMILES string of the molecule is CC(C)=C1C(=O)N(c2cc(C)cc(C)c2)c2cc(C(F)(F)F)ccc21. The highest BCUT2D eigenvalue weighted by Crippen LogP contribution is 2.45. The molecule has 2 aromatic rings. The van der Waals surface area contributed by atoms with Crippen molar-refractivity contribution in [1.29, 1.82) is 0 Å². The number of hydrogen-bond acceptors (Lipinski definition) is 1. The van der Waals surface area contributed by atoms with Crippen LogP contribution in [0.2, 0.25) is 0 Å². The smallest absolute Gasteiger partial charge is 0.276 e. The Balaban J connectivity index is 2.28. The molecule has 0 unspecified atom stereocenters. The van der Waals surface area contributed by atoms with E-state index in [0.29, 0.717) is 16.8 Å². The molecular formula is C20H18F3NO. The van der Waals surface area contributed by atoms with Crippen molar-refractivity contribution >= 4 is 22.9 Å². The molecule has 0 bridgehead atoms. The summed E-state index contributed by atoms with van der Waals surface area (Å²) in [6, 6.07) is 9.05. The van der Waals surface area contributed by atoms with Crippen LogP contribution in [0.5, 0.6) is 0 Å². The van der Waals surface area contributed by atoms with Crippen molar-refractivity contribution in [2.75, 3.05) is 4.90 Å². The van der Waals surface area contributed by atoms with Crippen molar-refractivity contribution in [1.82, 2.24) is 0 Å². The fourth-order valence-corrected chi connectivity index (χ4v) is 3.26. The molecule has 0 saturated carbocycles. The van der Waals surface area contributed by atoms with Crippen LogP contribution in [-0.4, -0.2) is 5.91 Å². The number of nitrogens with zero attached hydrogens (tertiary/aromatic N) is 1. The van der Waals surface area contributed by atoms with E-state index in [1.54, 1.807) is 13.8 Å². The van der Waals surface area contributed by atoms with Gasteiger partial charge in [-0.1, -0.05) is 17.7 Å². The Hall–Kier alpha value is -2.56. The summed E-state index contributed by atoms with van der Waals surface area (Å²) >= 11 is 0. The lowest BCUT2D eigenvalue weighted by molar-refractivity contribution is -0.137. The molecule has 130 valence electrons. The van der Waals surface area contributed by atoms with E-state index in [2.05, 4.69) is 0 Å². The number of benzene rings is 2. The maximum atomic E-state index is 13.2. The number of fused-ring (bicyclic) bond motifs is 1. The van der Waals surface area contributed by atoms with Gasteiger partial charge in [0.15, 0.2) is 0 Å². The lowest BCUT2D eigenvalue weighted by atomic mass is 10.0. The molecule has 25 heavy (non-hydrogen) atoms. The van der Waals surface area contributed by atoms with Gasteiger partial charge in [0.25, 0.3) is 5.91 Å². The van der Waals surface area contributed by atoms with Gasteiger partial charge < -0.3 is 0 Å². The Bertz CT molecular complexity index is 885. The fourth-order valence-electron chi connectivity index (χ4n) is 3.26. The minimum Gasteiger partial charge on any atom is -0.276 e. The first kappa shape index (κ1) is 17.3. The van der Waals surface area contributed by atoms with E-state index < -0.39 is 11.7 Å². The van der Waals surface area contributed by atoms with Crippen molar-refractivity contribution in [3.63, 3.8) is 0 Å². The van der Waals surface area contributed by atoms with Crippen molar-refractivity contribution in [2.24, 2.45) is 0 Å². The Morgan fingerprint density at radius 1 is 0.960 bits per heavy atom. The average Bonchev–Trinajstić information content (AvgIpc) is 2.76. The van der Waals surface area contributed by atoms with Crippen LogP contribution in [0.4, 0.5) is 24.5 Å². The number of allylic oxidation sites excluding steroid dienone is 1. The summed E-state index contributed by atoms with van der Waals surface area (Å²) in [5, 5.41) is 0. The highest BCUT2D eigenvalue weighted by atomic mass is 19.4. The molecule has 2 nitrogen and oxygen atoms in total. The van der Waals surface area contributed by atoms with Gasteiger partial charge in [0.2, 0.25) is 0 Å². The molecule has 0 atom stereocenters.